The summed E-state index contributed by atoms with van der Waals surface area (Å²) in [6.07, 6.45) is 0. The van der Waals surface area contributed by atoms with Crippen molar-refractivity contribution in [2.75, 3.05) is 7.11 Å². The average Bonchev–Trinajstić information content (AvgIpc) is 2.43. The maximum Gasteiger partial charge on any atom is 0.288 e. The normalized spacial score (nSPS) is 11.0. The molecule has 0 fully saturated rings. The summed E-state index contributed by atoms with van der Waals surface area (Å²) in [5, 5.41) is 24.6. The van der Waals surface area contributed by atoms with E-state index in [1.54, 1.807) is 12.1 Å². The summed E-state index contributed by atoms with van der Waals surface area (Å²) in [6, 6.07) is 8.79. The second kappa shape index (κ2) is 3.88. The van der Waals surface area contributed by atoms with Crippen LogP contribution in [0.4, 0.5) is 0 Å². The van der Waals surface area contributed by atoms with Gasteiger partial charge in [0.1, 0.15) is 11.4 Å². The molecule has 6 nitrogen and oxygen atoms in total. The second-order valence-electron chi connectivity index (χ2n) is 4.04. The Kier molecular flexibility index (Phi) is 2.31. The van der Waals surface area contributed by atoms with E-state index in [9.17, 15) is 15.2 Å². The highest BCUT2D eigenvalue weighted by Crippen LogP contribution is 2.27. The number of rotatable bonds is 1. The van der Waals surface area contributed by atoms with Crippen molar-refractivity contribution < 1.29 is 9.47 Å². The molecule has 1 aromatic carbocycles. The highest BCUT2D eigenvalue weighted by atomic mass is 16.5. The monoisotopic (exact) mass is 257 g/mol. The average molecular weight is 257 g/mol. The number of methoxy groups -OCH3 is 1. The predicted octanol–water partition coefficient (Wildman–Crippen LogP) is 1.09. The zero-order valence-corrected chi connectivity index (χ0v) is 9.99. The Morgan fingerprint density at radius 1 is 1.21 bits per heavy atom. The van der Waals surface area contributed by atoms with E-state index in [0.717, 1.165) is 0 Å². The van der Waals surface area contributed by atoms with E-state index >= 15 is 0 Å². The third-order valence-corrected chi connectivity index (χ3v) is 3.02. The van der Waals surface area contributed by atoms with Gasteiger partial charge in [0.15, 0.2) is 5.52 Å². The van der Waals surface area contributed by atoms with Gasteiger partial charge in [-0.15, -0.1) is 0 Å². The molecule has 1 aromatic rings. The van der Waals surface area contributed by atoms with Gasteiger partial charge in [0.2, 0.25) is 5.52 Å². The molecule has 0 N–H and O–H groups in total. The van der Waals surface area contributed by atoms with Crippen LogP contribution in [0.25, 0.3) is 22.4 Å². The summed E-state index contributed by atoms with van der Waals surface area (Å²) in [5.41, 5.74) is -0.414. The van der Waals surface area contributed by atoms with E-state index in [1.165, 1.54) is 31.4 Å². The summed E-state index contributed by atoms with van der Waals surface area (Å²) >= 11 is 0. The Labute approximate surface area is 107 Å². The van der Waals surface area contributed by atoms with Crippen LogP contribution in [-0.2, 0) is 0 Å². The molecule has 6 heteroatoms. The standard InChI is InChI=1S/C13H9N2O4/c1-19-11-7-3-5-9-13(11)15(18)8-4-2-6-10(16)12(8)14(9)17/h2-7H,1H3/q-1. The lowest BCUT2D eigenvalue weighted by Crippen LogP contribution is -2.37. The topological polar surface area (TPSA) is 81.2 Å². The van der Waals surface area contributed by atoms with E-state index in [2.05, 4.69) is 0 Å². The first kappa shape index (κ1) is 11.3. The van der Waals surface area contributed by atoms with Crippen molar-refractivity contribution in [1.82, 2.24) is 4.73 Å². The van der Waals surface area contributed by atoms with Crippen LogP contribution in [0.3, 0.4) is 0 Å². The quantitative estimate of drug-likeness (QED) is 0.371. The van der Waals surface area contributed by atoms with Gasteiger partial charge in [-0.3, -0.25) is 4.79 Å². The molecular weight excluding hydrogens is 248 g/mol. The van der Waals surface area contributed by atoms with Gasteiger partial charge in [-0.1, -0.05) is 12.1 Å². The Morgan fingerprint density at radius 2 is 1.95 bits per heavy atom. The molecule has 0 amide bonds. The molecule has 0 spiro atoms. The van der Waals surface area contributed by atoms with E-state index in [-0.39, 0.29) is 28.2 Å². The lowest BCUT2D eigenvalue weighted by atomic mass is 10.1. The van der Waals surface area contributed by atoms with Gasteiger partial charge in [-0.2, -0.15) is 4.73 Å². The third kappa shape index (κ3) is 1.43. The van der Waals surface area contributed by atoms with Crippen LogP contribution in [0.15, 0.2) is 41.2 Å². The first-order chi connectivity index (χ1) is 9.15. The Balaban J connectivity index is 2.65. The van der Waals surface area contributed by atoms with Gasteiger partial charge in [-0.25, -0.2) is 0 Å². The Morgan fingerprint density at radius 3 is 2.68 bits per heavy atom. The number of nitrogens with zero attached hydrogens (tertiary/aromatic N) is 2. The highest BCUT2D eigenvalue weighted by molar-refractivity contribution is 5.82. The lowest BCUT2D eigenvalue weighted by Gasteiger charge is -2.22. The van der Waals surface area contributed by atoms with Crippen LogP contribution in [0.2, 0.25) is 0 Å². The van der Waals surface area contributed by atoms with Gasteiger partial charge in [0.05, 0.1) is 7.11 Å². The summed E-state index contributed by atoms with van der Waals surface area (Å²) < 4.78 is 6.12. The van der Waals surface area contributed by atoms with Crippen molar-refractivity contribution in [3.8, 4) is 17.1 Å². The van der Waals surface area contributed by atoms with Gasteiger partial charge in [0, 0.05) is 6.07 Å². The minimum absolute atomic E-state index is 0.0273. The van der Waals surface area contributed by atoms with Crippen LogP contribution >= 0.6 is 0 Å². The molecule has 0 saturated heterocycles. The molecule has 0 bridgehead atoms. The van der Waals surface area contributed by atoms with E-state index < -0.39 is 5.43 Å². The molecule has 1 aliphatic carbocycles. The van der Waals surface area contributed by atoms with Crippen molar-refractivity contribution in [3.05, 3.63) is 57.0 Å². The van der Waals surface area contributed by atoms with Gasteiger partial charge >= 0.3 is 0 Å². The molecule has 0 atom stereocenters. The minimum atomic E-state index is -0.484. The van der Waals surface area contributed by atoms with Crippen LogP contribution in [0.1, 0.15) is 0 Å². The van der Waals surface area contributed by atoms with E-state index in [1.807, 2.05) is 0 Å². The summed E-state index contributed by atoms with van der Waals surface area (Å²) in [6.45, 7) is 0. The number of aromatic nitrogens is 2. The second-order valence-corrected chi connectivity index (χ2v) is 4.04. The Hall–Kier alpha value is -2.76. The van der Waals surface area contributed by atoms with Crippen LogP contribution in [0, 0.1) is 10.4 Å². The molecule has 0 radical (unpaired) electrons. The summed E-state index contributed by atoms with van der Waals surface area (Å²) in [4.78, 5) is 11.7. The first-order valence-corrected chi connectivity index (χ1v) is 5.56. The number of para-hydroxylation sites is 2. The largest absolute Gasteiger partial charge is 0.805 e. The predicted molar refractivity (Wildman–Crippen MR) is 69.1 cm³/mol. The highest BCUT2D eigenvalue weighted by Gasteiger charge is 2.22. The molecule has 19 heavy (non-hydrogen) atoms. The molecule has 1 aliphatic heterocycles. The maximum absolute atomic E-state index is 12.3. The fourth-order valence-corrected chi connectivity index (χ4v) is 2.16. The molecule has 3 rings (SSSR count). The summed E-state index contributed by atoms with van der Waals surface area (Å²) in [7, 11) is 1.41. The van der Waals surface area contributed by atoms with E-state index in [4.69, 9.17) is 4.74 Å². The van der Waals surface area contributed by atoms with E-state index in [0.29, 0.717) is 9.46 Å². The number of ether oxygens (including phenoxy) is 1. The van der Waals surface area contributed by atoms with Crippen LogP contribution < -0.4 is 14.9 Å². The van der Waals surface area contributed by atoms with Crippen molar-refractivity contribution in [1.29, 1.82) is 0 Å². The van der Waals surface area contributed by atoms with Crippen LogP contribution in [-0.4, -0.2) is 11.8 Å². The van der Waals surface area contributed by atoms with Crippen LogP contribution in [0.5, 0.6) is 5.75 Å². The maximum atomic E-state index is 12.3. The van der Waals surface area contributed by atoms with Crippen molar-refractivity contribution in [2.24, 2.45) is 0 Å². The fraction of sp³-hybridized carbons (Fsp3) is 0.0769. The third-order valence-electron chi connectivity index (χ3n) is 3.02. The van der Waals surface area contributed by atoms with Gasteiger partial charge < -0.3 is 19.9 Å². The number of hydrogen-bond acceptors (Lipinski definition) is 4. The van der Waals surface area contributed by atoms with Crippen molar-refractivity contribution >= 4 is 11.0 Å². The molecule has 0 aromatic heterocycles. The summed E-state index contributed by atoms with van der Waals surface area (Å²) in [5.74, 6) is 0.287. The van der Waals surface area contributed by atoms with Gasteiger partial charge in [0.25, 0.3) is 11.1 Å². The minimum Gasteiger partial charge on any atom is -0.805 e. The smallest absolute Gasteiger partial charge is 0.288 e. The first-order valence-electron chi connectivity index (χ1n) is 5.56. The zero-order valence-electron chi connectivity index (χ0n) is 9.99. The molecule has 0 unspecified atom stereocenters. The number of hydrogen-bond donors (Lipinski definition) is 0. The fourth-order valence-electron chi connectivity index (χ4n) is 2.16. The number of fused-ring (bicyclic) bond motifs is 2. The molecule has 0 saturated carbocycles. The molecule has 96 valence electrons. The Bertz CT molecular complexity index is 810. The molecule has 1 heterocycles. The van der Waals surface area contributed by atoms with Crippen molar-refractivity contribution in [3.63, 3.8) is 0 Å². The molecular formula is C13H9N2O4-. The zero-order chi connectivity index (χ0) is 13.6. The molecule has 2 aliphatic rings. The number of benzene rings is 2. The lowest BCUT2D eigenvalue weighted by molar-refractivity contribution is -0.566. The SMILES string of the molecule is COc1cccc2c1n([O-])c1cccc(=O)c-1[n+]2[O-]. The van der Waals surface area contributed by atoms with Gasteiger partial charge in [-0.05, 0) is 18.2 Å². The van der Waals surface area contributed by atoms with Crippen molar-refractivity contribution in [2.45, 2.75) is 0 Å².